The number of aryl methyl sites for hydroxylation is 1. The lowest BCUT2D eigenvalue weighted by Crippen LogP contribution is -2.43. The number of para-hydroxylation sites is 1. The van der Waals surface area contributed by atoms with Gasteiger partial charge in [0, 0.05) is 22.0 Å². The van der Waals surface area contributed by atoms with Crippen molar-refractivity contribution in [2.45, 2.75) is 57.2 Å². The fraction of sp³-hybridized carbons (Fsp3) is 0.393. The van der Waals surface area contributed by atoms with E-state index in [-0.39, 0.29) is 40.8 Å². The maximum absolute atomic E-state index is 13.7. The molecule has 2 aliphatic rings. The van der Waals surface area contributed by atoms with Crippen LogP contribution < -0.4 is 10.2 Å². The maximum Gasteiger partial charge on any atom is 0.240 e. The molecule has 8 heteroatoms. The number of amides is 2. The molecule has 1 atom stereocenters. The van der Waals surface area contributed by atoms with Gasteiger partial charge in [0.1, 0.15) is 12.4 Å². The molecule has 1 unspecified atom stereocenters. The maximum atomic E-state index is 13.7. The number of benzene rings is 2. The van der Waals surface area contributed by atoms with Crippen LogP contribution in [0.4, 0.5) is 5.82 Å². The van der Waals surface area contributed by atoms with Gasteiger partial charge in [-0.2, -0.15) is 5.10 Å². The number of anilines is 1. The summed E-state index contributed by atoms with van der Waals surface area (Å²) >= 11 is 8.25. The molecule has 1 saturated carbocycles. The zero-order chi connectivity index (χ0) is 25.6. The van der Waals surface area contributed by atoms with Gasteiger partial charge in [-0.1, -0.05) is 68.8 Å². The van der Waals surface area contributed by atoms with E-state index in [1.807, 2.05) is 60.1 Å². The van der Waals surface area contributed by atoms with E-state index < -0.39 is 0 Å². The second-order valence-corrected chi connectivity index (χ2v) is 12.1. The van der Waals surface area contributed by atoms with Crippen LogP contribution in [0.15, 0.2) is 48.5 Å². The van der Waals surface area contributed by atoms with E-state index in [2.05, 4.69) is 26.1 Å². The topological polar surface area (TPSA) is 67.2 Å². The molecule has 36 heavy (non-hydrogen) atoms. The first-order valence-corrected chi connectivity index (χ1v) is 13.7. The minimum atomic E-state index is -0.312. The summed E-state index contributed by atoms with van der Waals surface area (Å²) in [6.07, 6.45) is 1.98. The quantitative estimate of drug-likeness (QED) is 0.475. The van der Waals surface area contributed by atoms with Gasteiger partial charge in [0.05, 0.1) is 22.4 Å². The smallest absolute Gasteiger partial charge is 0.240 e. The highest BCUT2D eigenvalue weighted by molar-refractivity contribution is 8.00. The molecule has 5 rings (SSSR count). The predicted molar refractivity (Wildman–Crippen MR) is 146 cm³/mol. The fourth-order valence-electron chi connectivity index (χ4n) is 4.62. The third-order valence-corrected chi connectivity index (χ3v) is 8.16. The van der Waals surface area contributed by atoms with Crippen LogP contribution in [0.3, 0.4) is 0 Å². The Balaban J connectivity index is 1.77. The number of fused-ring (bicyclic) bond motifs is 1. The summed E-state index contributed by atoms with van der Waals surface area (Å²) in [5.41, 5.74) is 4.37. The largest absolute Gasteiger partial charge is 0.352 e. The van der Waals surface area contributed by atoms with Gasteiger partial charge in [-0.15, -0.1) is 11.8 Å². The van der Waals surface area contributed by atoms with Gasteiger partial charge in [-0.3, -0.25) is 14.5 Å². The van der Waals surface area contributed by atoms with E-state index in [4.69, 9.17) is 16.7 Å². The molecule has 1 aromatic heterocycles. The minimum Gasteiger partial charge on any atom is -0.352 e. The average Bonchev–Trinajstić information content (AvgIpc) is 3.56. The first-order chi connectivity index (χ1) is 17.1. The van der Waals surface area contributed by atoms with Crippen molar-refractivity contribution in [2.75, 3.05) is 17.2 Å². The highest BCUT2D eigenvalue weighted by atomic mass is 35.5. The van der Waals surface area contributed by atoms with Crippen molar-refractivity contribution in [1.82, 2.24) is 15.1 Å². The Labute approximate surface area is 221 Å². The van der Waals surface area contributed by atoms with Crippen molar-refractivity contribution in [1.29, 1.82) is 0 Å². The van der Waals surface area contributed by atoms with Crippen molar-refractivity contribution < 1.29 is 9.59 Å². The van der Waals surface area contributed by atoms with E-state index >= 15 is 0 Å². The number of carbonyl (C=O) groups excluding carboxylic acids is 2. The summed E-state index contributed by atoms with van der Waals surface area (Å²) in [5, 5.41) is 8.63. The summed E-state index contributed by atoms with van der Waals surface area (Å²) in [6, 6.07) is 16.0. The predicted octanol–water partition coefficient (Wildman–Crippen LogP) is 5.58. The summed E-state index contributed by atoms with van der Waals surface area (Å²) in [5.74, 6) is 0.628. The molecule has 1 aliphatic carbocycles. The lowest BCUT2D eigenvalue weighted by molar-refractivity contribution is -0.123. The monoisotopic (exact) mass is 522 g/mol. The molecule has 2 amide bonds. The number of nitrogens with zero attached hydrogens (tertiary/aromatic N) is 3. The Kier molecular flexibility index (Phi) is 6.64. The molecule has 3 aromatic rings. The molecule has 6 nitrogen and oxygen atoms in total. The zero-order valence-electron chi connectivity index (χ0n) is 21.0. The normalized spacial score (nSPS) is 18.1. The van der Waals surface area contributed by atoms with Crippen molar-refractivity contribution in [3.8, 4) is 5.69 Å². The number of thioether (sulfide) groups is 1. The highest BCUT2D eigenvalue weighted by Gasteiger charge is 2.40. The Hall–Kier alpha value is -2.77. The lowest BCUT2D eigenvalue weighted by atomic mass is 9.87. The lowest BCUT2D eigenvalue weighted by Gasteiger charge is -2.25. The zero-order valence-corrected chi connectivity index (χ0v) is 22.6. The van der Waals surface area contributed by atoms with Crippen LogP contribution >= 0.6 is 23.4 Å². The molecule has 1 fully saturated rings. The molecule has 1 N–H and O–H groups in total. The number of hydrogen-bond acceptors (Lipinski definition) is 4. The van der Waals surface area contributed by atoms with Crippen LogP contribution in [0, 0.1) is 6.92 Å². The minimum absolute atomic E-state index is 0.0424. The van der Waals surface area contributed by atoms with Crippen molar-refractivity contribution in [2.24, 2.45) is 0 Å². The van der Waals surface area contributed by atoms with Gasteiger partial charge >= 0.3 is 0 Å². The Morgan fingerprint density at radius 3 is 2.50 bits per heavy atom. The second-order valence-electron chi connectivity index (χ2n) is 10.6. The van der Waals surface area contributed by atoms with E-state index in [9.17, 15) is 9.59 Å². The number of hydrogen-bond donors (Lipinski definition) is 1. The second kappa shape index (κ2) is 9.60. The molecular formula is C28H31ClN4O2S. The summed E-state index contributed by atoms with van der Waals surface area (Å²) in [7, 11) is 0. The van der Waals surface area contributed by atoms with Crippen molar-refractivity contribution in [3.63, 3.8) is 0 Å². The van der Waals surface area contributed by atoms with Crippen LogP contribution in [0.2, 0.25) is 5.02 Å². The van der Waals surface area contributed by atoms with Crippen LogP contribution in [-0.4, -0.2) is 39.9 Å². The molecular weight excluding hydrogens is 492 g/mol. The summed E-state index contributed by atoms with van der Waals surface area (Å²) < 4.78 is 1.86. The third-order valence-electron chi connectivity index (χ3n) is 6.57. The van der Waals surface area contributed by atoms with Crippen LogP contribution in [-0.2, 0) is 15.0 Å². The highest BCUT2D eigenvalue weighted by Crippen LogP contribution is 2.49. The van der Waals surface area contributed by atoms with Crippen LogP contribution in [0.5, 0.6) is 0 Å². The van der Waals surface area contributed by atoms with Gasteiger partial charge in [0.15, 0.2) is 0 Å². The van der Waals surface area contributed by atoms with E-state index in [1.165, 1.54) is 0 Å². The van der Waals surface area contributed by atoms with E-state index in [0.717, 1.165) is 40.9 Å². The van der Waals surface area contributed by atoms with Gasteiger partial charge in [0.2, 0.25) is 11.8 Å². The SMILES string of the molecule is Cc1ccccc1-n1nc(C(C)(C)C)c2c1N(CC(=O)NC1CC1)C(=O)CSC2c1ccccc1Cl. The molecule has 0 spiro atoms. The van der Waals surface area contributed by atoms with Crippen LogP contribution in [0.1, 0.15) is 61.2 Å². The molecule has 0 bridgehead atoms. The number of nitrogens with one attached hydrogen (secondary N) is 1. The summed E-state index contributed by atoms with van der Waals surface area (Å²) in [6.45, 7) is 8.37. The first-order valence-electron chi connectivity index (χ1n) is 12.3. The summed E-state index contributed by atoms with van der Waals surface area (Å²) in [4.78, 5) is 28.3. The number of aromatic nitrogens is 2. The third kappa shape index (κ3) is 4.78. The molecule has 0 saturated heterocycles. The number of carbonyl (C=O) groups is 2. The van der Waals surface area contributed by atoms with E-state index in [1.54, 1.807) is 16.7 Å². The standard InChI is InChI=1S/C28H31ClN4O2S/c1-17-9-5-8-12-21(17)33-27-24(26(31-33)28(2,3)4)25(19-10-6-7-11-20(19)29)36-16-23(35)32(27)15-22(34)30-18-13-14-18/h5-12,18,25H,13-16H2,1-4H3,(H,30,34). The molecule has 0 radical (unpaired) electrons. The van der Waals surface area contributed by atoms with Gasteiger partial charge < -0.3 is 5.32 Å². The van der Waals surface area contributed by atoms with Gasteiger partial charge in [-0.25, -0.2) is 4.68 Å². The molecule has 2 heterocycles. The first kappa shape index (κ1) is 24.9. The van der Waals surface area contributed by atoms with Crippen LogP contribution in [0.25, 0.3) is 5.69 Å². The molecule has 2 aromatic carbocycles. The Morgan fingerprint density at radius 2 is 1.83 bits per heavy atom. The fourth-order valence-corrected chi connectivity index (χ4v) is 6.16. The van der Waals surface area contributed by atoms with Gasteiger partial charge in [-0.05, 0) is 43.0 Å². The number of halogens is 1. The van der Waals surface area contributed by atoms with Crippen molar-refractivity contribution >= 4 is 41.0 Å². The molecule has 188 valence electrons. The molecule has 1 aliphatic heterocycles. The number of rotatable bonds is 5. The Bertz CT molecular complexity index is 1330. The Morgan fingerprint density at radius 1 is 1.14 bits per heavy atom. The van der Waals surface area contributed by atoms with Crippen molar-refractivity contribution in [3.05, 3.63) is 75.9 Å². The average molecular weight is 523 g/mol. The van der Waals surface area contributed by atoms with Gasteiger partial charge in [0.25, 0.3) is 0 Å². The van der Waals surface area contributed by atoms with E-state index in [0.29, 0.717) is 10.8 Å².